The minimum atomic E-state index is -0.619. The molecule has 0 saturated heterocycles. The van der Waals surface area contributed by atoms with Gasteiger partial charge in [0.15, 0.2) is 0 Å². The number of carbonyl (C=O) groups excluding carboxylic acids is 2. The number of rotatable bonds is 7. The van der Waals surface area contributed by atoms with E-state index in [9.17, 15) is 19.7 Å². The largest absolute Gasteiger partial charge is 0.336 e. The van der Waals surface area contributed by atoms with Crippen LogP contribution in [0, 0.1) is 10.1 Å². The number of amides is 2. The first-order chi connectivity index (χ1) is 14.4. The molecule has 2 aromatic carbocycles. The number of hydrogen-bond donors (Lipinski definition) is 0. The summed E-state index contributed by atoms with van der Waals surface area (Å²) in [6.07, 6.45) is 2.38. The molecule has 0 atom stereocenters. The van der Waals surface area contributed by atoms with Crippen LogP contribution in [0.1, 0.15) is 41.3 Å². The van der Waals surface area contributed by atoms with Crippen LogP contribution in [0.25, 0.3) is 0 Å². The molecular weight excluding hydrogens is 406 g/mol. The molecule has 0 spiro atoms. The number of unbranched alkanes of at least 4 members (excludes halogenated alkanes) is 1. The van der Waals surface area contributed by atoms with Gasteiger partial charge in [-0.2, -0.15) is 0 Å². The molecule has 1 aliphatic rings. The third-order valence-electron chi connectivity index (χ3n) is 5.27. The van der Waals surface area contributed by atoms with Gasteiger partial charge >= 0.3 is 0 Å². The van der Waals surface area contributed by atoms with Crippen molar-refractivity contribution in [2.75, 3.05) is 19.6 Å². The van der Waals surface area contributed by atoms with Gasteiger partial charge in [-0.3, -0.25) is 19.7 Å². The Morgan fingerprint density at radius 2 is 1.93 bits per heavy atom. The van der Waals surface area contributed by atoms with Crippen LogP contribution in [0.4, 0.5) is 5.69 Å². The molecule has 158 valence electrons. The fourth-order valence-electron chi connectivity index (χ4n) is 3.54. The Morgan fingerprint density at radius 3 is 2.63 bits per heavy atom. The van der Waals surface area contributed by atoms with Gasteiger partial charge in [0, 0.05) is 31.3 Å². The van der Waals surface area contributed by atoms with Crippen molar-refractivity contribution in [3.8, 4) is 0 Å². The lowest BCUT2D eigenvalue weighted by atomic mass is 10.00. The van der Waals surface area contributed by atoms with Gasteiger partial charge in [0.05, 0.1) is 4.92 Å². The van der Waals surface area contributed by atoms with Gasteiger partial charge < -0.3 is 9.80 Å². The van der Waals surface area contributed by atoms with E-state index in [1.165, 1.54) is 28.7 Å². The van der Waals surface area contributed by atoms with Crippen molar-refractivity contribution in [1.29, 1.82) is 0 Å². The maximum Gasteiger partial charge on any atom is 0.288 e. The fraction of sp³-hybridized carbons (Fsp3) is 0.364. The molecule has 0 fully saturated rings. The van der Waals surface area contributed by atoms with Crippen molar-refractivity contribution in [2.24, 2.45) is 0 Å². The van der Waals surface area contributed by atoms with E-state index in [0.29, 0.717) is 19.6 Å². The highest BCUT2D eigenvalue weighted by Crippen LogP contribution is 2.26. The zero-order chi connectivity index (χ0) is 21.7. The van der Waals surface area contributed by atoms with Crippen molar-refractivity contribution in [2.45, 2.75) is 32.7 Å². The van der Waals surface area contributed by atoms with Crippen LogP contribution >= 0.6 is 11.6 Å². The predicted molar refractivity (Wildman–Crippen MR) is 114 cm³/mol. The summed E-state index contributed by atoms with van der Waals surface area (Å²) >= 11 is 5.86. The molecule has 0 aliphatic carbocycles. The first kappa shape index (κ1) is 21.8. The first-order valence-electron chi connectivity index (χ1n) is 9.98. The Hall–Kier alpha value is -2.93. The zero-order valence-corrected chi connectivity index (χ0v) is 17.6. The molecule has 7 nitrogen and oxygen atoms in total. The fourth-order valence-corrected chi connectivity index (χ4v) is 3.73. The second kappa shape index (κ2) is 9.71. The number of halogens is 1. The second-order valence-corrected chi connectivity index (χ2v) is 7.74. The molecule has 2 amide bonds. The van der Waals surface area contributed by atoms with Crippen molar-refractivity contribution >= 4 is 29.1 Å². The number of carbonyl (C=O) groups is 2. The molecule has 8 heteroatoms. The standard InChI is InChI=1S/C22H24ClN3O4/c1-2-3-11-25(22(28)17-8-9-19(23)20(13-17)26(29)30)15-21(27)24-12-10-16-6-4-5-7-18(16)14-24/h4-9,13H,2-3,10-12,14-15H2,1H3. The third kappa shape index (κ3) is 4.97. The second-order valence-electron chi connectivity index (χ2n) is 7.34. The molecular formula is C22H24ClN3O4. The Balaban J connectivity index is 1.76. The van der Waals surface area contributed by atoms with Crippen molar-refractivity contribution in [1.82, 2.24) is 9.80 Å². The molecule has 2 aromatic rings. The molecule has 1 aliphatic heterocycles. The highest BCUT2D eigenvalue weighted by molar-refractivity contribution is 6.32. The van der Waals surface area contributed by atoms with E-state index < -0.39 is 10.8 Å². The van der Waals surface area contributed by atoms with Gasteiger partial charge in [0.25, 0.3) is 11.6 Å². The van der Waals surface area contributed by atoms with E-state index in [1.54, 1.807) is 4.90 Å². The minimum Gasteiger partial charge on any atom is -0.336 e. The van der Waals surface area contributed by atoms with Crippen LogP contribution in [-0.4, -0.2) is 46.2 Å². The molecule has 0 aromatic heterocycles. The maximum absolute atomic E-state index is 13.0. The van der Waals surface area contributed by atoms with Crippen molar-refractivity contribution < 1.29 is 14.5 Å². The highest BCUT2D eigenvalue weighted by atomic mass is 35.5. The van der Waals surface area contributed by atoms with Gasteiger partial charge in [-0.1, -0.05) is 49.2 Å². The van der Waals surface area contributed by atoms with Crippen LogP contribution in [0.3, 0.4) is 0 Å². The molecule has 30 heavy (non-hydrogen) atoms. The highest BCUT2D eigenvalue weighted by Gasteiger charge is 2.26. The van der Waals surface area contributed by atoms with E-state index in [-0.39, 0.29) is 28.7 Å². The normalized spacial score (nSPS) is 12.9. The molecule has 0 N–H and O–H groups in total. The van der Waals surface area contributed by atoms with Gasteiger partial charge in [0.2, 0.25) is 5.91 Å². The van der Waals surface area contributed by atoms with E-state index in [1.807, 2.05) is 25.1 Å². The van der Waals surface area contributed by atoms with Crippen molar-refractivity contribution in [3.63, 3.8) is 0 Å². The third-order valence-corrected chi connectivity index (χ3v) is 5.59. The molecule has 3 rings (SSSR count). The monoisotopic (exact) mass is 429 g/mol. The average molecular weight is 430 g/mol. The number of nitrogens with zero attached hydrogens (tertiary/aromatic N) is 3. The smallest absolute Gasteiger partial charge is 0.288 e. The SMILES string of the molecule is CCCCN(CC(=O)N1CCc2ccccc2C1)C(=O)c1ccc(Cl)c([N+](=O)[O-])c1. The molecule has 1 heterocycles. The van der Waals surface area contributed by atoms with Gasteiger partial charge in [-0.15, -0.1) is 0 Å². The summed E-state index contributed by atoms with van der Waals surface area (Å²) in [4.78, 5) is 39.8. The minimum absolute atomic E-state index is 0.0280. The van der Waals surface area contributed by atoms with Gasteiger partial charge in [-0.05, 0) is 36.1 Å². The molecule has 0 bridgehead atoms. The quantitative estimate of drug-likeness (QED) is 0.490. The molecule has 0 radical (unpaired) electrons. The van der Waals surface area contributed by atoms with Crippen LogP contribution in [0.2, 0.25) is 5.02 Å². The van der Waals surface area contributed by atoms with E-state index in [2.05, 4.69) is 6.07 Å². The summed E-state index contributed by atoms with van der Waals surface area (Å²) in [5.41, 5.74) is 2.20. The number of nitro groups is 1. The summed E-state index contributed by atoms with van der Waals surface area (Å²) in [5.74, 6) is -0.536. The lowest BCUT2D eigenvalue weighted by Gasteiger charge is -2.31. The van der Waals surface area contributed by atoms with E-state index >= 15 is 0 Å². The zero-order valence-electron chi connectivity index (χ0n) is 16.8. The van der Waals surface area contributed by atoms with E-state index in [4.69, 9.17) is 11.6 Å². The maximum atomic E-state index is 13.0. The van der Waals surface area contributed by atoms with Crippen LogP contribution in [-0.2, 0) is 17.8 Å². The summed E-state index contributed by atoms with van der Waals surface area (Å²) in [7, 11) is 0. The molecule has 0 saturated carbocycles. The Morgan fingerprint density at radius 1 is 1.20 bits per heavy atom. The van der Waals surface area contributed by atoms with Crippen molar-refractivity contribution in [3.05, 3.63) is 74.3 Å². The summed E-state index contributed by atoms with van der Waals surface area (Å²) in [5, 5.41) is 11.1. The summed E-state index contributed by atoms with van der Waals surface area (Å²) in [6.45, 7) is 3.48. The Bertz CT molecular complexity index is 963. The first-order valence-corrected chi connectivity index (χ1v) is 10.4. The van der Waals surface area contributed by atoms with Crippen LogP contribution in [0.5, 0.6) is 0 Å². The Kier molecular flexibility index (Phi) is 7.05. The Labute approximate surface area is 180 Å². The number of nitro benzene ring substituents is 1. The lowest BCUT2D eigenvalue weighted by Crippen LogP contribution is -2.45. The average Bonchev–Trinajstić information content (AvgIpc) is 2.75. The number of fused-ring (bicyclic) bond motifs is 1. The topological polar surface area (TPSA) is 83.8 Å². The van der Waals surface area contributed by atoms with E-state index in [0.717, 1.165) is 24.8 Å². The number of hydrogen-bond acceptors (Lipinski definition) is 4. The molecule has 0 unspecified atom stereocenters. The summed E-state index contributed by atoms with van der Waals surface area (Å²) < 4.78 is 0. The van der Waals surface area contributed by atoms with Crippen LogP contribution in [0.15, 0.2) is 42.5 Å². The van der Waals surface area contributed by atoms with Gasteiger partial charge in [0.1, 0.15) is 11.6 Å². The van der Waals surface area contributed by atoms with Crippen LogP contribution < -0.4 is 0 Å². The predicted octanol–water partition coefficient (Wildman–Crippen LogP) is 4.08. The lowest BCUT2D eigenvalue weighted by molar-refractivity contribution is -0.384. The summed E-state index contributed by atoms with van der Waals surface area (Å²) in [6, 6.07) is 12.0. The number of benzene rings is 2. The van der Waals surface area contributed by atoms with Gasteiger partial charge in [-0.25, -0.2) is 0 Å².